The standard InChI is InChI=1S/C11H22O/c1-5-11(6-2)7-8-12-10(11)9(3)4/h9-10H,5-8H2,1-4H3. The van der Waals surface area contributed by atoms with E-state index in [0.29, 0.717) is 17.4 Å². The number of ether oxygens (including phenoxy) is 1. The summed E-state index contributed by atoms with van der Waals surface area (Å²) in [6.07, 6.45) is 4.31. The largest absolute Gasteiger partial charge is 0.377 e. The van der Waals surface area contributed by atoms with E-state index in [-0.39, 0.29) is 0 Å². The lowest BCUT2D eigenvalue weighted by atomic mass is 9.73. The summed E-state index contributed by atoms with van der Waals surface area (Å²) in [4.78, 5) is 0. The molecule has 1 fully saturated rings. The number of hydrogen-bond donors (Lipinski definition) is 0. The first kappa shape index (κ1) is 10.0. The highest BCUT2D eigenvalue weighted by Crippen LogP contribution is 2.44. The Morgan fingerprint density at radius 1 is 1.33 bits per heavy atom. The van der Waals surface area contributed by atoms with Gasteiger partial charge in [-0.15, -0.1) is 0 Å². The van der Waals surface area contributed by atoms with Gasteiger partial charge in [-0.05, 0) is 30.6 Å². The van der Waals surface area contributed by atoms with Crippen LogP contribution in [-0.2, 0) is 4.74 Å². The van der Waals surface area contributed by atoms with Gasteiger partial charge in [-0.25, -0.2) is 0 Å². The average Bonchev–Trinajstić information content (AvgIpc) is 2.48. The molecule has 0 bridgehead atoms. The van der Waals surface area contributed by atoms with Crippen molar-refractivity contribution in [1.82, 2.24) is 0 Å². The van der Waals surface area contributed by atoms with E-state index in [1.165, 1.54) is 19.3 Å². The maximum atomic E-state index is 5.81. The first-order valence-corrected chi connectivity index (χ1v) is 5.28. The van der Waals surface area contributed by atoms with Crippen LogP contribution in [0.5, 0.6) is 0 Å². The summed E-state index contributed by atoms with van der Waals surface area (Å²) in [5.41, 5.74) is 0.494. The Morgan fingerprint density at radius 3 is 2.25 bits per heavy atom. The van der Waals surface area contributed by atoms with Crippen molar-refractivity contribution in [2.24, 2.45) is 11.3 Å². The van der Waals surface area contributed by atoms with Crippen LogP contribution >= 0.6 is 0 Å². The highest BCUT2D eigenvalue weighted by molar-refractivity contribution is 4.91. The maximum absolute atomic E-state index is 5.81. The van der Waals surface area contributed by atoms with E-state index in [1.54, 1.807) is 0 Å². The summed E-state index contributed by atoms with van der Waals surface area (Å²) in [6.45, 7) is 10.1. The summed E-state index contributed by atoms with van der Waals surface area (Å²) in [5, 5.41) is 0. The van der Waals surface area contributed by atoms with Crippen LogP contribution in [0.3, 0.4) is 0 Å². The average molecular weight is 170 g/mol. The Morgan fingerprint density at radius 2 is 1.92 bits per heavy atom. The minimum absolute atomic E-state index is 0.494. The molecular formula is C11H22O. The van der Waals surface area contributed by atoms with Crippen LogP contribution in [0.15, 0.2) is 0 Å². The minimum atomic E-state index is 0.494. The topological polar surface area (TPSA) is 9.23 Å². The Bertz CT molecular complexity index is 136. The normalized spacial score (nSPS) is 28.2. The van der Waals surface area contributed by atoms with Crippen molar-refractivity contribution in [3.05, 3.63) is 0 Å². The zero-order valence-corrected chi connectivity index (χ0v) is 8.89. The molecule has 0 radical (unpaired) electrons. The van der Waals surface area contributed by atoms with Gasteiger partial charge in [0.05, 0.1) is 6.10 Å². The summed E-state index contributed by atoms with van der Waals surface area (Å²) < 4.78 is 5.81. The lowest BCUT2D eigenvalue weighted by Gasteiger charge is -2.34. The number of rotatable bonds is 3. The third kappa shape index (κ3) is 1.52. The predicted molar refractivity (Wildman–Crippen MR) is 52.2 cm³/mol. The van der Waals surface area contributed by atoms with E-state index in [2.05, 4.69) is 27.7 Å². The van der Waals surface area contributed by atoms with E-state index in [0.717, 1.165) is 6.61 Å². The van der Waals surface area contributed by atoms with E-state index >= 15 is 0 Å². The molecule has 1 rings (SSSR count). The Balaban J connectivity index is 2.72. The van der Waals surface area contributed by atoms with Crippen molar-refractivity contribution in [2.45, 2.75) is 53.1 Å². The highest BCUT2D eigenvalue weighted by atomic mass is 16.5. The van der Waals surface area contributed by atoms with Crippen molar-refractivity contribution in [3.8, 4) is 0 Å². The molecule has 0 aliphatic carbocycles. The summed E-state index contributed by atoms with van der Waals surface area (Å²) in [5.74, 6) is 0.674. The first-order chi connectivity index (χ1) is 5.66. The molecule has 0 spiro atoms. The Labute approximate surface area is 76.5 Å². The third-order valence-electron chi connectivity index (χ3n) is 3.51. The molecule has 12 heavy (non-hydrogen) atoms. The molecule has 0 aromatic heterocycles. The molecule has 1 aliphatic heterocycles. The van der Waals surface area contributed by atoms with Crippen molar-refractivity contribution >= 4 is 0 Å². The van der Waals surface area contributed by atoms with Crippen molar-refractivity contribution in [3.63, 3.8) is 0 Å². The fraction of sp³-hybridized carbons (Fsp3) is 1.00. The fourth-order valence-corrected chi connectivity index (χ4v) is 2.61. The summed E-state index contributed by atoms with van der Waals surface area (Å²) >= 11 is 0. The SMILES string of the molecule is CCC1(CC)CCOC1C(C)C. The zero-order valence-electron chi connectivity index (χ0n) is 8.89. The molecule has 0 aromatic rings. The second kappa shape index (κ2) is 3.78. The molecule has 1 saturated heterocycles. The van der Waals surface area contributed by atoms with E-state index < -0.39 is 0 Å². The summed E-state index contributed by atoms with van der Waals surface area (Å²) in [7, 11) is 0. The van der Waals surface area contributed by atoms with Gasteiger partial charge >= 0.3 is 0 Å². The monoisotopic (exact) mass is 170 g/mol. The van der Waals surface area contributed by atoms with E-state index in [4.69, 9.17) is 4.74 Å². The molecule has 1 nitrogen and oxygen atoms in total. The molecule has 0 amide bonds. The molecule has 1 atom stereocenters. The van der Waals surface area contributed by atoms with Gasteiger partial charge in [-0.3, -0.25) is 0 Å². The maximum Gasteiger partial charge on any atom is 0.0654 e. The van der Waals surface area contributed by atoms with Crippen molar-refractivity contribution in [2.75, 3.05) is 6.61 Å². The van der Waals surface area contributed by atoms with Crippen LogP contribution in [0.4, 0.5) is 0 Å². The zero-order chi connectivity index (χ0) is 9.19. The van der Waals surface area contributed by atoms with Gasteiger partial charge in [-0.2, -0.15) is 0 Å². The molecular weight excluding hydrogens is 148 g/mol. The predicted octanol–water partition coefficient (Wildman–Crippen LogP) is 3.24. The molecule has 0 aromatic carbocycles. The lowest BCUT2D eigenvalue weighted by Crippen LogP contribution is -2.33. The molecule has 1 heterocycles. The van der Waals surface area contributed by atoms with Gasteiger partial charge in [0, 0.05) is 6.61 Å². The number of hydrogen-bond acceptors (Lipinski definition) is 1. The molecule has 0 saturated carbocycles. The van der Waals surface area contributed by atoms with Gasteiger partial charge in [-0.1, -0.05) is 27.7 Å². The Kier molecular flexibility index (Phi) is 3.16. The minimum Gasteiger partial charge on any atom is -0.377 e. The molecule has 0 N–H and O–H groups in total. The smallest absolute Gasteiger partial charge is 0.0654 e. The van der Waals surface area contributed by atoms with Crippen LogP contribution in [0.25, 0.3) is 0 Å². The molecule has 72 valence electrons. The van der Waals surface area contributed by atoms with Crippen molar-refractivity contribution < 1.29 is 4.74 Å². The van der Waals surface area contributed by atoms with Gasteiger partial charge in [0.25, 0.3) is 0 Å². The Hall–Kier alpha value is -0.0400. The van der Waals surface area contributed by atoms with Crippen LogP contribution in [-0.4, -0.2) is 12.7 Å². The highest BCUT2D eigenvalue weighted by Gasteiger charge is 2.42. The van der Waals surface area contributed by atoms with Gasteiger partial charge in [0.1, 0.15) is 0 Å². The van der Waals surface area contributed by atoms with E-state index in [1.807, 2.05) is 0 Å². The van der Waals surface area contributed by atoms with Gasteiger partial charge in [0.2, 0.25) is 0 Å². The summed E-state index contributed by atoms with van der Waals surface area (Å²) in [6, 6.07) is 0. The van der Waals surface area contributed by atoms with Crippen LogP contribution in [0.2, 0.25) is 0 Å². The van der Waals surface area contributed by atoms with Crippen LogP contribution in [0.1, 0.15) is 47.0 Å². The molecule has 1 heteroatoms. The van der Waals surface area contributed by atoms with Crippen LogP contribution in [0, 0.1) is 11.3 Å². The third-order valence-corrected chi connectivity index (χ3v) is 3.51. The fourth-order valence-electron chi connectivity index (χ4n) is 2.61. The quantitative estimate of drug-likeness (QED) is 0.632. The molecule has 1 aliphatic rings. The molecule has 1 unspecified atom stereocenters. The lowest BCUT2D eigenvalue weighted by molar-refractivity contribution is 0.00920. The van der Waals surface area contributed by atoms with Gasteiger partial charge < -0.3 is 4.74 Å². The second-order valence-electron chi connectivity index (χ2n) is 4.35. The second-order valence-corrected chi connectivity index (χ2v) is 4.35. The van der Waals surface area contributed by atoms with Crippen LogP contribution < -0.4 is 0 Å². The first-order valence-electron chi connectivity index (χ1n) is 5.28. The van der Waals surface area contributed by atoms with E-state index in [9.17, 15) is 0 Å². The van der Waals surface area contributed by atoms with Crippen molar-refractivity contribution in [1.29, 1.82) is 0 Å². The van der Waals surface area contributed by atoms with Gasteiger partial charge in [0.15, 0.2) is 0 Å².